The molecule has 0 bridgehead atoms. The van der Waals surface area contributed by atoms with Crippen molar-refractivity contribution in [3.63, 3.8) is 0 Å². The molecule has 13 nitrogen and oxygen atoms in total. The molecule has 0 radical (unpaired) electrons. The van der Waals surface area contributed by atoms with Crippen LogP contribution in [-0.4, -0.2) is 62.1 Å². The molecule has 1 heterocycles. The van der Waals surface area contributed by atoms with E-state index < -0.39 is 51.3 Å². The van der Waals surface area contributed by atoms with Crippen LogP contribution in [0.15, 0.2) is 64.1 Å². The number of hydrogen-bond acceptors (Lipinski definition) is 11. The van der Waals surface area contributed by atoms with E-state index in [1.54, 1.807) is 58.0 Å². The van der Waals surface area contributed by atoms with Crippen LogP contribution in [-0.2, 0) is 35.6 Å². The molecule has 3 N–H and O–H groups in total. The van der Waals surface area contributed by atoms with Crippen molar-refractivity contribution in [1.29, 1.82) is 0 Å². The highest BCUT2D eigenvalue weighted by Gasteiger charge is 2.36. The first kappa shape index (κ1) is 39.3. The van der Waals surface area contributed by atoms with Gasteiger partial charge in [0, 0.05) is 22.5 Å². The zero-order chi connectivity index (χ0) is 36.4. The van der Waals surface area contributed by atoms with E-state index in [2.05, 4.69) is 5.32 Å². The number of esters is 2. The number of benzene rings is 2. The van der Waals surface area contributed by atoms with E-state index in [9.17, 15) is 27.6 Å². The normalized spacial score (nSPS) is 12.1. The molecule has 16 heteroatoms. The predicted octanol–water partition coefficient (Wildman–Crippen LogP) is 6.57. The number of rotatable bonds is 16. The van der Waals surface area contributed by atoms with Gasteiger partial charge in [0.05, 0.1) is 41.7 Å². The van der Waals surface area contributed by atoms with Crippen LogP contribution in [0.1, 0.15) is 79.9 Å². The van der Waals surface area contributed by atoms with Gasteiger partial charge < -0.3 is 23.9 Å². The lowest BCUT2D eigenvalue weighted by molar-refractivity contribution is -0.153. The van der Waals surface area contributed by atoms with Gasteiger partial charge >= 0.3 is 18.0 Å². The third-order valence-corrected chi connectivity index (χ3v) is 8.70. The number of Topliss-reactive ketones (excluding diaryl/α,β-unsaturated/α-hetero) is 1. The molecular weight excluding hydrogens is 701 g/mol. The monoisotopic (exact) mass is 739 g/mol. The van der Waals surface area contributed by atoms with Gasteiger partial charge in [-0.2, -0.15) is 0 Å². The Hall–Kier alpha value is -4.11. The first-order valence-corrected chi connectivity index (χ1v) is 17.5. The number of nitrogens with one attached hydrogen (secondary N) is 1. The zero-order valence-electron chi connectivity index (χ0n) is 27.5. The fourth-order valence-corrected chi connectivity index (χ4v) is 6.06. The van der Waals surface area contributed by atoms with Gasteiger partial charge in [-0.3, -0.25) is 14.5 Å². The maximum atomic E-state index is 13.1. The lowest BCUT2D eigenvalue weighted by Gasteiger charge is -2.38. The summed E-state index contributed by atoms with van der Waals surface area (Å²) in [6.45, 7) is 6.34. The van der Waals surface area contributed by atoms with Crippen LogP contribution in [0, 0.1) is 0 Å². The van der Waals surface area contributed by atoms with Crippen LogP contribution in [0.5, 0.6) is 0 Å². The topological polar surface area (TPSA) is 185 Å². The minimum atomic E-state index is -4.22. The molecule has 1 unspecified atom stereocenters. The number of unbranched alkanes of at least 4 members (excludes halogenated alkanes) is 2. The molecule has 266 valence electrons. The summed E-state index contributed by atoms with van der Waals surface area (Å²) in [6.07, 6.45) is 1.91. The van der Waals surface area contributed by atoms with Gasteiger partial charge in [0.25, 0.3) is 0 Å². The van der Waals surface area contributed by atoms with Crippen LogP contribution < -0.4 is 10.5 Å². The summed E-state index contributed by atoms with van der Waals surface area (Å²) in [6, 6.07) is 11.2. The second-order valence-corrected chi connectivity index (χ2v) is 14.3. The highest BCUT2D eigenvalue weighted by Crippen LogP contribution is 2.29. The molecule has 2 aromatic carbocycles. The summed E-state index contributed by atoms with van der Waals surface area (Å²) >= 11 is 12.1. The van der Waals surface area contributed by atoms with E-state index in [1.165, 1.54) is 23.3 Å². The number of ether oxygens (including phenoxy) is 3. The molecule has 0 aliphatic carbocycles. The minimum absolute atomic E-state index is 0.00783. The Balaban J connectivity index is 1.44. The van der Waals surface area contributed by atoms with E-state index in [-0.39, 0.29) is 41.6 Å². The Bertz CT molecular complexity index is 1740. The van der Waals surface area contributed by atoms with Crippen molar-refractivity contribution in [2.24, 2.45) is 5.14 Å². The average molecular weight is 741 g/mol. The standard InChI is InChI=1S/C33H39Cl2N3O10S/c1-21(30(40)22-10-8-11-23(34)16-22)38(33(2,3)4)32(42)48-20-47-29(39)13-6-5-7-14-46-31(41)25-17-28(49(36,43)44)26(35)18-27(25)37-19-24-12-9-15-45-24/h8-12,15-18,21,37H,5-7,13-14,19-20H2,1-4H3,(H2,36,43,44). The summed E-state index contributed by atoms with van der Waals surface area (Å²) in [5.74, 6) is -1.19. The smallest absolute Gasteiger partial charge is 0.413 e. The van der Waals surface area contributed by atoms with Crippen molar-refractivity contribution >= 4 is 62.7 Å². The van der Waals surface area contributed by atoms with Crippen molar-refractivity contribution in [2.45, 2.75) is 76.4 Å². The Labute approximate surface area is 295 Å². The first-order valence-electron chi connectivity index (χ1n) is 15.2. The number of primary sulfonamides is 1. The van der Waals surface area contributed by atoms with Gasteiger partial charge in [0.1, 0.15) is 10.7 Å². The molecule has 3 aromatic rings. The molecule has 0 saturated heterocycles. The van der Waals surface area contributed by atoms with Crippen molar-refractivity contribution < 1.29 is 46.2 Å². The van der Waals surface area contributed by atoms with Crippen LogP contribution >= 0.6 is 23.2 Å². The van der Waals surface area contributed by atoms with Crippen molar-refractivity contribution in [1.82, 2.24) is 4.90 Å². The van der Waals surface area contributed by atoms with Gasteiger partial charge in [0.2, 0.25) is 16.8 Å². The van der Waals surface area contributed by atoms with E-state index >= 15 is 0 Å². The molecule has 0 saturated carbocycles. The molecule has 3 rings (SSSR count). The number of nitrogens with two attached hydrogens (primary N) is 1. The van der Waals surface area contributed by atoms with Gasteiger partial charge in [-0.05, 0) is 83.4 Å². The Morgan fingerprint density at radius 2 is 1.71 bits per heavy atom. The lowest BCUT2D eigenvalue weighted by atomic mass is 9.98. The van der Waals surface area contributed by atoms with Crippen LogP contribution in [0.2, 0.25) is 10.0 Å². The molecule has 0 aliphatic rings. The van der Waals surface area contributed by atoms with Crippen molar-refractivity contribution in [3.05, 3.63) is 81.7 Å². The fraction of sp³-hybridized carbons (Fsp3) is 0.394. The first-order chi connectivity index (χ1) is 23.0. The summed E-state index contributed by atoms with van der Waals surface area (Å²) < 4.78 is 44.8. The largest absolute Gasteiger partial charge is 0.467 e. The third kappa shape index (κ3) is 11.8. The number of anilines is 1. The summed E-state index contributed by atoms with van der Waals surface area (Å²) in [7, 11) is -4.22. The van der Waals surface area contributed by atoms with Crippen molar-refractivity contribution in [3.8, 4) is 0 Å². The number of carbonyl (C=O) groups is 4. The number of halogens is 2. The molecular formula is C33H39Cl2N3O10S. The van der Waals surface area contributed by atoms with Crippen LogP contribution in [0.4, 0.5) is 10.5 Å². The minimum Gasteiger partial charge on any atom is -0.467 e. The van der Waals surface area contributed by atoms with Gasteiger partial charge in [-0.1, -0.05) is 35.3 Å². The predicted molar refractivity (Wildman–Crippen MR) is 182 cm³/mol. The van der Waals surface area contributed by atoms with Crippen LogP contribution in [0.3, 0.4) is 0 Å². The van der Waals surface area contributed by atoms with E-state index in [1.807, 2.05) is 0 Å². The number of nitrogens with zero attached hydrogens (tertiary/aromatic N) is 1. The highest BCUT2D eigenvalue weighted by molar-refractivity contribution is 7.89. The molecule has 1 amide bonds. The molecule has 1 atom stereocenters. The quantitative estimate of drug-likeness (QED) is 0.0701. The highest BCUT2D eigenvalue weighted by atomic mass is 35.5. The average Bonchev–Trinajstić information content (AvgIpc) is 3.53. The Morgan fingerprint density at radius 1 is 0.980 bits per heavy atom. The van der Waals surface area contributed by atoms with Crippen LogP contribution in [0.25, 0.3) is 0 Å². The lowest BCUT2D eigenvalue weighted by Crippen LogP contribution is -2.53. The van der Waals surface area contributed by atoms with E-state index in [0.717, 1.165) is 6.07 Å². The number of sulfonamides is 1. The molecule has 0 spiro atoms. The number of furan rings is 1. The number of ketones is 1. The van der Waals surface area contributed by atoms with Crippen molar-refractivity contribution in [2.75, 3.05) is 18.7 Å². The third-order valence-electron chi connectivity index (χ3n) is 7.09. The molecule has 1 aromatic heterocycles. The second kappa shape index (κ2) is 17.5. The van der Waals surface area contributed by atoms with Gasteiger partial charge in [-0.15, -0.1) is 0 Å². The summed E-state index contributed by atoms with van der Waals surface area (Å²) in [5.41, 5.74) is -0.331. The number of carbonyl (C=O) groups excluding carboxylic acids is 4. The van der Waals surface area contributed by atoms with Gasteiger partial charge in [-0.25, -0.2) is 23.1 Å². The fourth-order valence-electron chi connectivity index (χ4n) is 4.77. The summed E-state index contributed by atoms with van der Waals surface area (Å²) in [5, 5.41) is 8.44. The van der Waals surface area contributed by atoms with E-state index in [0.29, 0.717) is 35.6 Å². The molecule has 0 fully saturated rings. The molecule has 49 heavy (non-hydrogen) atoms. The maximum Gasteiger partial charge on any atom is 0.413 e. The number of hydrogen-bond donors (Lipinski definition) is 2. The Morgan fingerprint density at radius 3 is 2.35 bits per heavy atom. The van der Waals surface area contributed by atoms with E-state index in [4.69, 9.17) is 47.0 Å². The SMILES string of the molecule is CC(C(=O)c1cccc(Cl)c1)N(C(=O)OCOC(=O)CCCCCOC(=O)c1cc(S(N)(=O)=O)c(Cl)cc1NCc1ccco1)C(C)(C)C. The molecule has 0 aliphatic heterocycles. The van der Waals surface area contributed by atoms with Gasteiger partial charge in [0.15, 0.2) is 5.78 Å². The second-order valence-electron chi connectivity index (χ2n) is 11.9. The Kier molecular flexibility index (Phi) is 14.1. The maximum absolute atomic E-state index is 13.1. The number of amides is 1. The zero-order valence-corrected chi connectivity index (χ0v) is 29.8. The summed E-state index contributed by atoms with van der Waals surface area (Å²) in [4.78, 5) is 52.0.